The number of ether oxygens (including phenoxy) is 1. The maximum absolute atomic E-state index is 12.5. The highest BCUT2D eigenvalue weighted by Crippen LogP contribution is 2.08. The van der Waals surface area contributed by atoms with E-state index in [-0.39, 0.29) is 18.8 Å². The van der Waals surface area contributed by atoms with Crippen LogP contribution in [-0.2, 0) is 30.9 Å². The second-order valence-corrected chi connectivity index (χ2v) is 7.91. The van der Waals surface area contributed by atoms with Crippen LogP contribution in [0.1, 0.15) is 18.9 Å². The quantitative estimate of drug-likeness (QED) is 0.511. The maximum atomic E-state index is 12.5. The summed E-state index contributed by atoms with van der Waals surface area (Å²) in [6.45, 7) is 1.61. The summed E-state index contributed by atoms with van der Waals surface area (Å²) in [6.07, 6.45) is 0.323. The SMILES string of the molecule is COCCCS(=O)(=O)NCC(=O)N(Cc1ccccc1)C[C@@H](C)C(=O)O. The molecule has 0 aliphatic heterocycles. The summed E-state index contributed by atoms with van der Waals surface area (Å²) in [5, 5.41) is 9.10. The zero-order chi connectivity index (χ0) is 19.6. The van der Waals surface area contributed by atoms with E-state index < -0.39 is 34.4 Å². The second-order valence-electron chi connectivity index (χ2n) is 5.99. The average Bonchev–Trinajstić information content (AvgIpc) is 2.60. The molecular formula is C17H26N2O6S. The molecule has 1 atom stereocenters. The predicted octanol–water partition coefficient (Wildman–Crippen LogP) is 0.692. The number of carbonyl (C=O) groups is 2. The van der Waals surface area contributed by atoms with Gasteiger partial charge in [-0.15, -0.1) is 0 Å². The number of methoxy groups -OCH3 is 1. The van der Waals surface area contributed by atoms with Crippen molar-refractivity contribution in [1.29, 1.82) is 0 Å². The van der Waals surface area contributed by atoms with Crippen LogP contribution < -0.4 is 4.72 Å². The van der Waals surface area contributed by atoms with Crippen molar-refractivity contribution in [2.45, 2.75) is 19.9 Å². The van der Waals surface area contributed by atoms with Gasteiger partial charge >= 0.3 is 5.97 Å². The Bertz CT molecular complexity index is 678. The summed E-state index contributed by atoms with van der Waals surface area (Å²) in [5.41, 5.74) is 0.835. The van der Waals surface area contributed by atoms with Gasteiger partial charge in [0.05, 0.1) is 18.2 Å². The lowest BCUT2D eigenvalue weighted by Gasteiger charge is -2.25. The summed E-state index contributed by atoms with van der Waals surface area (Å²) in [5.74, 6) is -2.40. The standard InChI is InChI=1S/C17H26N2O6S/c1-14(17(21)22)12-19(13-15-7-4-3-5-8-15)16(20)11-18-26(23,24)10-6-9-25-2/h3-5,7-8,14,18H,6,9-13H2,1-2H3,(H,21,22)/t14-/m1/s1. The molecule has 1 aromatic carbocycles. The number of benzene rings is 1. The molecule has 0 aliphatic rings. The number of nitrogens with one attached hydrogen (secondary N) is 1. The fourth-order valence-corrected chi connectivity index (χ4v) is 3.20. The molecule has 0 spiro atoms. The molecule has 0 saturated heterocycles. The second kappa shape index (κ2) is 10.9. The number of hydrogen-bond acceptors (Lipinski definition) is 5. The zero-order valence-corrected chi connectivity index (χ0v) is 15.9. The van der Waals surface area contributed by atoms with Gasteiger partial charge in [-0.3, -0.25) is 9.59 Å². The van der Waals surface area contributed by atoms with Crippen molar-refractivity contribution < 1.29 is 27.9 Å². The topological polar surface area (TPSA) is 113 Å². The van der Waals surface area contributed by atoms with Gasteiger partial charge in [0.25, 0.3) is 0 Å². The molecule has 0 aliphatic carbocycles. The third-order valence-corrected chi connectivity index (χ3v) is 5.10. The molecule has 0 radical (unpaired) electrons. The molecule has 0 unspecified atom stereocenters. The molecule has 26 heavy (non-hydrogen) atoms. The lowest BCUT2D eigenvalue weighted by molar-refractivity contribution is -0.143. The predicted molar refractivity (Wildman–Crippen MR) is 96.9 cm³/mol. The Kier molecular flexibility index (Phi) is 9.25. The minimum Gasteiger partial charge on any atom is -0.481 e. The van der Waals surface area contributed by atoms with E-state index in [0.29, 0.717) is 13.0 Å². The molecule has 0 aromatic heterocycles. The Morgan fingerprint density at radius 2 is 1.92 bits per heavy atom. The highest BCUT2D eigenvalue weighted by molar-refractivity contribution is 7.89. The molecule has 1 aromatic rings. The fraction of sp³-hybridized carbons (Fsp3) is 0.529. The third-order valence-electron chi connectivity index (χ3n) is 3.69. The number of hydrogen-bond donors (Lipinski definition) is 2. The Balaban J connectivity index is 2.72. The van der Waals surface area contributed by atoms with Gasteiger partial charge in [-0.05, 0) is 12.0 Å². The first-order chi connectivity index (χ1) is 12.2. The van der Waals surface area contributed by atoms with Crippen LogP contribution in [0, 0.1) is 5.92 Å². The normalized spacial score (nSPS) is 12.5. The first kappa shape index (κ1) is 22.1. The molecule has 0 bridgehead atoms. The molecule has 0 saturated carbocycles. The smallest absolute Gasteiger partial charge is 0.308 e. The number of sulfonamides is 1. The molecule has 1 amide bonds. The van der Waals surface area contributed by atoms with E-state index in [1.54, 1.807) is 0 Å². The number of amides is 1. The van der Waals surface area contributed by atoms with Gasteiger partial charge in [0, 0.05) is 26.8 Å². The highest BCUT2D eigenvalue weighted by Gasteiger charge is 2.22. The van der Waals surface area contributed by atoms with E-state index in [1.807, 2.05) is 30.3 Å². The fourth-order valence-electron chi connectivity index (χ4n) is 2.22. The summed E-state index contributed by atoms with van der Waals surface area (Å²) in [4.78, 5) is 24.9. The number of aliphatic carboxylic acids is 1. The summed E-state index contributed by atoms with van der Waals surface area (Å²) >= 11 is 0. The van der Waals surface area contributed by atoms with Gasteiger partial charge in [-0.2, -0.15) is 0 Å². The number of nitrogens with zero attached hydrogens (tertiary/aromatic N) is 1. The Morgan fingerprint density at radius 3 is 2.50 bits per heavy atom. The van der Waals surface area contributed by atoms with Crippen molar-refractivity contribution in [3.8, 4) is 0 Å². The molecule has 0 heterocycles. The van der Waals surface area contributed by atoms with E-state index in [0.717, 1.165) is 5.56 Å². The van der Waals surface area contributed by atoms with Crippen LogP contribution in [-0.4, -0.2) is 62.9 Å². The van der Waals surface area contributed by atoms with Crippen LogP contribution in [0.5, 0.6) is 0 Å². The molecular weight excluding hydrogens is 360 g/mol. The number of carboxylic acid groups (broad SMARTS) is 1. The molecule has 8 nitrogen and oxygen atoms in total. The highest BCUT2D eigenvalue weighted by atomic mass is 32.2. The Morgan fingerprint density at radius 1 is 1.27 bits per heavy atom. The van der Waals surface area contributed by atoms with Gasteiger partial charge in [0.1, 0.15) is 0 Å². The van der Waals surface area contributed by atoms with Crippen LogP contribution in [0.15, 0.2) is 30.3 Å². The molecule has 146 valence electrons. The monoisotopic (exact) mass is 386 g/mol. The van der Waals surface area contributed by atoms with Gasteiger partial charge < -0.3 is 14.7 Å². The molecule has 9 heteroatoms. The summed E-state index contributed by atoms with van der Waals surface area (Å²) in [7, 11) is -2.11. The van der Waals surface area contributed by atoms with E-state index in [9.17, 15) is 18.0 Å². The molecule has 2 N–H and O–H groups in total. The van der Waals surface area contributed by atoms with Crippen molar-refractivity contribution in [3.63, 3.8) is 0 Å². The van der Waals surface area contributed by atoms with Gasteiger partial charge in [0.15, 0.2) is 0 Å². The van der Waals surface area contributed by atoms with E-state index in [4.69, 9.17) is 9.84 Å². The van der Waals surface area contributed by atoms with E-state index in [1.165, 1.54) is 18.9 Å². The number of carboxylic acids is 1. The van der Waals surface area contributed by atoms with Crippen molar-refractivity contribution >= 4 is 21.9 Å². The number of carbonyl (C=O) groups excluding carboxylic acids is 1. The van der Waals surface area contributed by atoms with Crippen LogP contribution in [0.25, 0.3) is 0 Å². The molecule has 0 fully saturated rings. The largest absolute Gasteiger partial charge is 0.481 e. The van der Waals surface area contributed by atoms with Crippen molar-refractivity contribution in [1.82, 2.24) is 9.62 Å². The lowest BCUT2D eigenvalue weighted by Crippen LogP contribution is -2.43. The van der Waals surface area contributed by atoms with E-state index in [2.05, 4.69) is 4.72 Å². The van der Waals surface area contributed by atoms with Crippen LogP contribution in [0.4, 0.5) is 0 Å². The third kappa shape index (κ3) is 8.41. The first-order valence-corrected chi connectivity index (χ1v) is 9.91. The Hall–Kier alpha value is -1.97. The summed E-state index contributed by atoms with van der Waals surface area (Å²) < 4.78 is 30.9. The van der Waals surface area contributed by atoms with Crippen LogP contribution in [0.3, 0.4) is 0 Å². The average molecular weight is 386 g/mol. The van der Waals surface area contributed by atoms with Crippen LogP contribution in [0.2, 0.25) is 0 Å². The van der Waals surface area contributed by atoms with Gasteiger partial charge in [0.2, 0.25) is 15.9 Å². The van der Waals surface area contributed by atoms with Crippen molar-refractivity contribution in [2.75, 3.05) is 32.6 Å². The summed E-state index contributed by atoms with van der Waals surface area (Å²) in [6, 6.07) is 9.11. The van der Waals surface area contributed by atoms with Gasteiger partial charge in [-0.25, -0.2) is 13.1 Å². The maximum Gasteiger partial charge on any atom is 0.308 e. The zero-order valence-electron chi connectivity index (χ0n) is 15.1. The lowest BCUT2D eigenvalue weighted by atomic mass is 10.1. The minimum atomic E-state index is -3.59. The molecule has 1 rings (SSSR count). The first-order valence-electron chi connectivity index (χ1n) is 8.26. The van der Waals surface area contributed by atoms with Crippen molar-refractivity contribution in [2.24, 2.45) is 5.92 Å². The Labute approximate surface area is 154 Å². The van der Waals surface area contributed by atoms with E-state index >= 15 is 0 Å². The minimum absolute atomic E-state index is 0.00549. The van der Waals surface area contributed by atoms with Gasteiger partial charge in [-0.1, -0.05) is 37.3 Å². The van der Waals surface area contributed by atoms with Crippen LogP contribution >= 0.6 is 0 Å². The van der Waals surface area contributed by atoms with Crippen molar-refractivity contribution in [3.05, 3.63) is 35.9 Å². The number of rotatable bonds is 12.